The first-order valence-corrected chi connectivity index (χ1v) is 9.65. The van der Waals surface area contributed by atoms with E-state index in [0.717, 1.165) is 5.69 Å². The molecule has 3 aromatic rings. The van der Waals surface area contributed by atoms with Crippen molar-refractivity contribution >= 4 is 28.7 Å². The highest BCUT2D eigenvalue weighted by Gasteiger charge is 2.24. The Hall–Kier alpha value is -3.20. The summed E-state index contributed by atoms with van der Waals surface area (Å²) in [6.45, 7) is 2.37. The molecule has 8 nitrogen and oxygen atoms in total. The first-order chi connectivity index (χ1) is 14.2. The molecule has 1 amide bonds. The van der Waals surface area contributed by atoms with Crippen LogP contribution in [0.3, 0.4) is 0 Å². The fourth-order valence-corrected chi connectivity index (χ4v) is 3.52. The van der Waals surface area contributed by atoms with Crippen molar-refractivity contribution in [2.24, 2.45) is 0 Å². The predicted octanol–water partition coefficient (Wildman–Crippen LogP) is 2.34. The third-order valence-corrected chi connectivity index (χ3v) is 5.21. The standard InChI is InChI=1S/C20H21FN6O2/c21-13-5-7-26(10-13)18-6-8-27-19(25-18)17(9-22-27)20(28)24-15-3-1-14(2-4-15)23-16-11-29-12-16/h1-4,6,8-9,13,16,23H,5,7,10-12H2,(H,24,28). The lowest BCUT2D eigenvalue weighted by Crippen LogP contribution is -2.40. The Balaban J connectivity index is 1.32. The van der Waals surface area contributed by atoms with Crippen molar-refractivity contribution in [2.45, 2.75) is 18.6 Å². The Kier molecular flexibility index (Phi) is 4.51. The van der Waals surface area contributed by atoms with Crippen LogP contribution in [-0.4, -0.2) is 59.0 Å². The molecule has 2 fully saturated rings. The molecule has 1 atom stereocenters. The number of fused-ring (bicyclic) bond motifs is 1. The van der Waals surface area contributed by atoms with Gasteiger partial charge in [0.25, 0.3) is 5.91 Å². The molecule has 5 rings (SSSR count). The van der Waals surface area contributed by atoms with Gasteiger partial charge in [-0.2, -0.15) is 5.10 Å². The Bertz CT molecular complexity index is 1030. The van der Waals surface area contributed by atoms with Gasteiger partial charge in [0.15, 0.2) is 5.65 Å². The number of aromatic nitrogens is 3. The van der Waals surface area contributed by atoms with Crippen molar-refractivity contribution in [3.63, 3.8) is 0 Å². The number of halogens is 1. The number of carbonyl (C=O) groups is 1. The maximum absolute atomic E-state index is 13.5. The zero-order valence-electron chi connectivity index (χ0n) is 15.7. The number of amides is 1. The maximum Gasteiger partial charge on any atom is 0.261 e. The number of rotatable bonds is 5. The second-order valence-electron chi connectivity index (χ2n) is 7.35. The molecule has 0 spiro atoms. The fourth-order valence-electron chi connectivity index (χ4n) is 3.52. The Morgan fingerprint density at radius 3 is 2.66 bits per heavy atom. The Labute approximate surface area is 166 Å². The number of alkyl halides is 1. The average Bonchev–Trinajstić information content (AvgIpc) is 3.31. The van der Waals surface area contributed by atoms with Gasteiger partial charge in [0, 0.05) is 24.1 Å². The number of ether oxygens (including phenoxy) is 1. The van der Waals surface area contributed by atoms with E-state index in [0.29, 0.717) is 61.5 Å². The van der Waals surface area contributed by atoms with Crippen molar-refractivity contribution in [3.8, 4) is 0 Å². The van der Waals surface area contributed by atoms with Gasteiger partial charge in [0.05, 0.1) is 32.0 Å². The minimum Gasteiger partial charge on any atom is -0.378 e. The Morgan fingerprint density at radius 2 is 1.97 bits per heavy atom. The van der Waals surface area contributed by atoms with Gasteiger partial charge in [-0.25, -0.2) is 13.9 Å². The van der Waals surface area contributed by atoms with Crippen LogP contribution in [0.15, 0.2) is 42.7 Å². The molecule has 2 aliphatic heterocycles. The van der Waals surface area contributed by atoms with Crippen LogP contribution in [0.2, 0.25) is 0 Å². The highest BCUT2D eigenvalue weighted by Crippen LogP contribution is 2.22. The lowest BCUT2D eigenvalue weighted by Gasteiger charge is -2.27. The van der Waals surface area contributed by atoms with Crippen LogP contribution in [0.5, 0.6) is 0 Å². The average molecular weight is 396 g/mol. The van der Waals surface area contributed by atoms with Crippen LogP contribution in [0.25, 0.3) is 5.65 Å². The van der Waals surface area contributed by atoms with E-state index in [4.69, 9.17) is 4.74 Å². The normalized spacial score (nSPS) is 19.3. The molecular formula is C20H21FN6O2. The summed E-state index contributed by atoms with van der Waals surface area (Å²) in [5, 5.41) is 10.4. The van der Waals surface area contributed by atoms with Gasteiger partial charge in [-0.3, -0.25) is 4.79 Å². The number of anilines is 3. The molecular weight excluding hydrogens is 375 g/mol. The van der Waals surface area contributed by atoms with E-state index < -0.39 is 6.17 Å². The molecule has 0 saturated carbocycles. The van der Waals surface area contributed by atoms with Gasteiger partial charge >= 0.3 is 0 Å². The van der Waals surface area contributed by atoms with E-state index in [1.165, 1.54) is 6.20 Å². The second kappa shape index (κ2) is 7.32. The topological polar surface area (TPSA) is 83.8 Å². The van der Waals surface area contributed by atoms with Crippen molar-refractivity contribution < 1.29 is 13.9 Å². The van der Waals surface area contributed by atoms with Crippen LogP contribution in [0.1, 0.15) is 16.8 Å². The van der Waals surface area contributed by atoms with Crippen LogP contribution in [0, 0.1) is 0 Å². The number of hydrogen-bond acceptors (Lipinski definition) is 6. The molecule has 9 heteroatoms. The SMILES string of the molecule is O=C(Nc1ccc(NC2COC2)cc1)c1cnn2ccc(N3CCC(F)C3)nc12. The molecule has 150 valence electrons. The van der Waals surface area contributed by atoms with Gasteiger partial charge in [-0.15, -0.1) is 0 Å². The molecule has 29 heavy (non-hydrogen) atoms. The summed E-state index contributed by atoms with van der Waals surface area (Å²) in [7, 11) is 0. The lowest BCUT2D eigenvalue weighted by molar-refractivity contribution is 0.0211. The van der Waals surface area contributed by atoms with Gasteiger partial charge in [0.1, 0.15) is 17.6 Å². The smallest absolute Gasteiger partial charge is 0.261 e. The first-order valence-electron chi connectivity index (χ1n) is 9.65. The van der Waals surface area contributed by atoms with Crippen LogP contribution in [-0.2, 0) is 4.74 Å². The van der Waals surface area contributed by atoms with E-state index in [1.807, 2.05) is 29.2 Å². The summed E-state index contributed by atoms with van der Waals surface area (Å²) in [6, 6.07) is 9.66. The monoisotopic (exact) mass is 396 g/mol. The first kappa shape index (κ1) is 17.9. The van der Waals surface area contributed by atoms with E-state index in [-0.39, 0.29) is 5.91 Å². The number of benzene rings is 1. The molecule has 0 radical (unpaired) electrons. The van der Waals surface area contributed by atoms with Gasteiger partial charge in [0.2, 0.25) is 0 Å². The molecule has 2 saturated heterocycles. The summed E-state index contributed by atoms with van der Waals surface area (Å²) >= 11 is 0. The second-order valence-corrected chi connectivity index (χ2v) is 7.35. The summed E-state index contributed by atoms with van der Waals surface area (Å²) in [6.07, 6.45) is 2.90. The van der Waals surface area contributed by atoms with Gasteiger partial charge < -0.3 is 20.3 Å². The largest absolute Gasteiger partial charge is 0.378 e. The summed E-state index contributed by atoms with van der Waals surface area (Å²) in [5.74, 6) is 0.366. The molecule has 1 unspecified atom stereocenters. The minimum absolute atomic E-state index is 0.289. The molecule has 2 N–H and O–H groups in total. The van der Waals surface area contributed by atoms with Crippen LogP contribution in [0.4, 0.5) is 21.6 Å². The van der Waals surface area contributed by atoms with Crippen LogP contribution < -0.4 is 15.5 Å². The third kappa shape index (κ3) is 3.61. The highest BCUT2D eigenvalue weighted by molar-refractivity contribution is 6.08. The maximum atomic E-state index is 13.5. The molecule has 2 aliphatic rings. The zero-order chi connectivity index (χ0) is 19.8. The van der Waals surface area contributed by atoms with E-state index >= 15 is 0 Å². The zero-order valence-corrected chi connectivity index (χ0v) is 15.7. The van der Waals surface area contributed by atoms with Crippen molar-refractivity contribution in [2.75, 3.05) is 41.8 Å². The van der Waals surface area contributed by atoms with Gasteiger partial charge in [-0.05, 0) is 36.8 Å². The fraction of sp³-hybridized carbons (Fsp3) is 0.350. The van der Waals surface area contributed by atoms with E-state index in [1.54, 1.807) is 16.8 Å². The summed E-state index contributed by atoms with van der Waals surface area (Å²) < 4.78 is 20.2. The third-order valence-electron chi connectivity index (χ3n) is 5.21. The van der Waals surface area contributed by atoms with Crippen molar-refractivity contribution in [1.29, 1.82) is 0 Å². The summed E-state index contributed by atoms with van der Waals surface area (Å²) in [4.78, 5) is 19.2. The Morgan fingerprint density at radius 1 is 1.17 bits per heavy atom. The summed E-state index contributed by atoms with van der Waals surface area (Å²) in [5.41, 5.74) is 2.48. The highest BCUT2D eigenvalue weighted by atomic mass is 19.1. The molecule has 4 heterocycles. The molecule has 2 aromatic heterocycles. The van der Waals surface area contributed by atoms with Crippen molar-refractivity contribution in [3.05, 3.63) is 48.3 Å². The van der Waals surface area contributed by atoms with Crippen LogP contribution >= 0.6 is 0 Å². The minimum atomic E-state index is -0.838. The predicted molar refractivity (Wildman–Crippen MR) is 107 cm³/mol. The van der Waals surface area contributed by atoms with Gasteiger partial charge in [-0.1, -0.05) is 0 Å². The molecule has 0 aliphatic carbocycles. The lowest BCUT2D eigenvalue weighted by atomic mass is 10.2. The number of nitrogens with one attached hydrogen (secondary N) is 2. The van der Waals surface area contributed by atoms with E-state index in [9.17, 15) is 9.18 Å². The number of nitrogens with zero attached hydrogens (tertiary/aromatic N) is 4. The quantitative estimate of drug-likeness (QED) is 0.689. The molecule has 1 aromatic carbocycles. The van der Waals surface area contributed by atoms with E-state index in [2.05, 4.69) is 20.7 Å². The number of hydrogen-bond donors (Lipinski definition) is 2. The van der Waals surface area contributed by atoms with Crippen molar-refractivity contribution in [1.82, 2.24) is 14.6 Å². The number of carbonyl (C=O) groups excluding carboxylic acids is 1. The molecule has 0 bridgehead atoms.